The fourth-order valence-corrected chi connectivity index (χ4v) is 6.26. The molecule has 0 aliphatic rings. The molecule has 0 radical (unpaired) electrons. The maximum absolute atomic E-state index is 11.5. The quantitative estimate of drug-likeness (QED) is 0.0469. The molecule has 1 N–H and O–H groups in total. The molecule has 3 nitrogen and oxygen atoms in total. The van der Waals surface area contributed by atoms with Gasteiger partial charge in [-0.3, -0.25) is 0 Å². The van der Waals surface area contributed by atoms with Crippen LogP contribution in [0.15, 0.2) is 12.7 Å². The minimum absolute atomic E-state index is 0.310. The summed E-state index contributed by atoms with van der Waals surface area (Å²) >= 11 is 0. The van der Waals surface area contributed by atoms with Crippen molar-refractivity contribution in [3.05, 3.63) is 12.7 Å². The molecular formula is C38H75NO2. The maximum Gasteiger partial charge on any atom is 0.330 e. The van der Waals surface area contributed by atoms with Gasteiger partial charge in [0.25, 0.3) is 0 Å². The second kappa shape index (κ2) is 33.7. The van der Waals surface area contributed by atoms with Crippen molar-refractivity contribution in [1.82, 2.24) is 5.32 Å². The average molecular weight is 578 g/mol. The van der Waals surface area contributed by atoms with Gasteiger partial charge in [0.15, 0.2) is 0 Å². The Morgan fingerprint density at radius 2 is 0.902 bits per heavy atom. The van der Waals surface area contributed by atoms with Crippen molar-refractivity contribution in [3.63, 3.8) is 0 Å². The highest BCUT2D eigenvalue weighted by molar-refractivity contribution is 5.81. The SMILES string of the molecule is C=CC(=O)OCCNC(CCCCCCC)C(CCCCCCCCCCCC)CCCCCCCCCCCC. The lowest BCUT2D eigenvalue weighted by atomic mass is 9.85. The molecule has 0 aliphatic heterocycles. The van der Waals surface area contributed by atoms with Crippen molar-refractivity contribution in [1.29, 1.82) is 0 Å². The van der Waals surface area contributed by atoms with Gasteiger partial charge in [0.2, 0.25) is 0 Å². The molecule has 0 saturated carbocycles. The van der Waals surface area contributed by atoms with E-state index in [2.05, 4.69) is 32.7 Å². The standard InChI is InChI=1S/C38H75NO2/c1-5-9-12-15-17-19-21-23-26-28-31-36(32-29-27-24-22-20-18-16-13-10-6-2)37(33-30-25-14-11-7-3)39-34-35-41-38(40)8-4/h8,36-37,39H,4-7,9-35H2,1-3H3. The first-order valence-electron chi connectivity index (χ1n) is 18.7. The number of ether oxygens (including phenoxy) is 1. The fourth-order valence-electron chi connectivity index (χ4n) is 6.26. The molecule has 0 aromatic carbocycles. The highest BCUT2D eigenvalue weighted by atomic mass is 16.5. The van der Waals surface area contributed by atoms with Crippen molar-refractivity contribution in [3.8, 4) is 0 Å². The van der Waals surface area contributed by atoms with Crippen LogP contribution in [0.25, 0.3) is 0 Å². The van der Waals surface area contributed by atoms with Crippen molar-refractivity contribution in [2.45, 2.75) is 207 Å². The van der Waals surface area contributed by atoms with Gasteiger partial charge in [-0.25, -0.2) is 4.79 Å². The lowest BCUT2D eigenvalue weighted by Gasteiger charge is -2.29. The largest absolute Gasteiger partial charge is 0.461 e. The van der Waals surface area contributed by atoms with Crippen molar-refractivity contribution in [2.75, 3.05) is 13.2 Å². The lowest BCUT2D eigenvalue weighted by molar-refractivity contribution is -0.137. The molecule has 244 valence electrons. The summed E-state index contributed by atoms with van der Waals surface area (Å²) < 4.78 is 5.29. The molecule has 0 rings (SSSR count). The van der Waals surface area contributed by atoms with Crippen LogP contribution in [0.3, 0.4) is 0 Å². The molecule has 0 aliphatic carbocycles. The van der Waals surface area contributed by atoms with Gasteiger partial charge in [-0.1, -0.05) is 188 Å². The Bertz CT molecular complexity index is 510. The monoisotopic (exact) mass is 578 g/mol. The topological polar surface area (TPSA) is 38.3 Å². The molecule has 0 fully saturated rings. The lowest BCUT2D eigenvalue weighted by Crippen LogP contribution is -2.38. The zero-order valence-electron chi connectivity index (χ0n) is 28.5. The number of unbranched alkanes of at least 4 members (excludes halogenated alkanes) is 22. The fraction of sp³-hybridized carbons (Fsp3) is 0.921. The number of hydrogen-bond acceptors (Lipinski definition) is 3. The summed E-state index contributed by atoms with van der Waals surface area (Å²) in [5.41, 5.74) is 0. The van der Waals surface area contributed by atoms with Crippen LogP contribution < -0.4 is 5.32 Å². The van der Waals surface area contributed by atoms with Crippen LogP contribution in [-0.2, 0) is 9.53 Å². The van der Waals surface area contributed by atoms with E-state index in [9.17, 15) is 4.79 Å². The third-order valence-electron chi connectivity index (χ3n) is 8.96. The van der Waals surface area contributed by atoms with Crippen LogP contribution >= 0.6 is 0 Å². The van der Waals surface area contributed by atoms with E-state index >= 15 is 0 Å². The zero-order chi connectivity index (χ0) is 30.1. The minimum Gasteiger partial charge on any atom is -0.461 e. The Hall–Kier alpha value is -0.830. The Balaban J connectivity index is 4.67. The molecule has 0 aromatic heterocycles. The first-order valence-corrected chi connectivity index (χ1v) is 18.7. The van der Waals surface area contributed by atoms with Crippen LogP contribution in [0.1, 0.15) is 201 Å². The van der Waals surface area contributed by atoms with E-state index in [-0.39, 0.29) is 5.97 Å². The van der Waals surface area contributed by atoms with E-state index in [1.165, 1.54) is 186 Å². The molecule has 0 amide bonds. The third-order valence-corrected chi connectivity index (χ3v) is 8.96. The summed E-state index contributed by atoms with van der Waals surface area (Å²) in [6, 6.07) is 0.552. The maximum atomic E-state index is 11.5. The van der Waals surface area contributed by atoms with E-state index in [1.807, 2.05) is 0 Å². The number of nitrogens with one attached hydrogen (secondary N) is 1. The van der Waals surface area contributed by atoms with Gasteiger partial charge < -0.3 is 10.1 Å². The first-order chi connectivity index (χ1) is 20.2. The molecule has 0 aromatic rings. The van der Waals surface area contributed by atoms with Gasteiger partial charge in [-0.2, -0.15) is 0 Å². The van der Waals surface area contributed by atoms with Gasteiger partial charge >= 0.3 is 5.97 Å². The van der Waals surface area contributed by atoms with Crippen LogP contribution in [-0.4, -0.2) is 25.2 Å². The Labute approximate surface area is 258 Å². The van der Waals surface area contributed by atoms with E-state index in [1.54, 1.807) is 0 Å². The Morgan fingerprint density at radius 3 is 1.27 bits per heavy atom. The second-order valence-corrected chi connectivity index (χ2v) is 12.8. The zero-order valence-corrected chi connectivity index (χ0v) is 28.5. The molecule has 0 spiro atoms. The Morgan fingerprint density at radius 1 is 0.561 bits per heavy atom. The van der Waals surface area contributed by atoms with E-state index < -0.39 is 0 Å². The van der Waals surface area contributed by atoms with Crippen molar-refractivity contribution in [2.24, 2.45) is 5.92 Å². The first kappa shape index (κ1) is 40.2. The van der Waals surface area contributed by atoms with Gasteiger partial charge in [0.1, 0.15) is 6.61 Å². The van der Waals surface area contributed by atoms with Crippen molar-refractivity contribution < 1.29 is 9.53 Å². The van der Waals surface area contributed by atoms with Gasteiger partial charge in [0.05, 0.1) is 0 Å². The third kappa shape index (κ3) is 29.0. The number of carbonyl (C=O) groups is 1. The Kier molecular flexibility index (Phi) is 33.0. The molecule has 1 atom stereocenters. The van der Waals surface area contributed by atoms with Crippen LogP contribution in [0.5, 0.6) is 0 Å². The van der Waals surface area contributed by atoms with Crippen LogP contribution in [0.4, 0.5) is 0 Å². The van der Waals surface area contributed by atoms with Gasteiger partial charge in [-0.05, 0) is 25.2 Å². The molecule has 1 unspecified atom stereocenters. The van der Waals surface area contributed by atoms with Crippen LogP contribution in [0, 0.1) is 5.92 Å². The molecule has 0 bridgehead atoms. The van der Waals surface area contributed by atoms with E-state index in [4.69, 9.17) is 4.74 Å². The predicted octanol–water partition coefficient (Wildman–Crippen LogP) is 12.3. The number of hydrogen-bond donors (Lipinski definition) is 1. The normalized spacial score (nSPS) is 12.2. The minimum atomic E-state index is -0.310. The molecule has 0 saturated heterocycles. The summed E-state index contributed by atoms with van der Waals surface area (Å²) in [7, 11) is 0. The summed E-state index contributed by atoms with van der Waals surface area (Å²) in [6.45, 7) is 11.6. The molecule has 3 heteroatoms. The molecular weight excluding hydrogens is 502 g/mol. The second-order valence-electron chi connectivity index (χ2n) is 12.8. The molecule has 41 heavy (non-hydrogen) atoms. The number of rotatable bonds is 34. The van der Waals surface area contributed by atoms with Gasteiger partial charge in [0, 0.05) is 18.7 Å². The summed E-state index contributed by atoms with van der Waals surface area (Å²) in [4.78, 5) is 11.5. The summed E-state index contributed by atoms with van der Waals surface area (Å²) in [6.07, 6.45) is 40.1. The van der Waals surface area contributed by atoms with E-state index in [0.29, 0.717) is 12.6 Å². The van der Waals surface area contributed by atoms with Crippen molar-refractivity contribution >= 4 is 5.97 Å². The summed E-state index contributed by atoms with van der Waals surface area (Å²) in [5, 5.41) is 3.85. The van der Waals surface area contributed by atoms with E-state index in [0.717, 1.165) is 12.5 Å². The highest BCUT2D eigenvalue weighted by Crippen LogP contribution is 2.26. The predicted molar refractivity (Wildman–Crippen MR) is 183 cm³/mol. The average Bonchev–Trinajstić information content (AvgIpc) is 2.98. The number of esters is 1. The summed E-state index contributed by atoms with van der Waals surface area (Å²) in [5.74, 6) is 0.439. The van der Waals surface area contributed by atoms with Crippen LogP contribution in [0.2, 0.25) is 0 Å². The highest BCUT2D eigenvalue weighted by Gasteiger charge is 2.20. The van der Waals surface area contributed by atoms with Gasteiger partial charge in [-0.15, -0.1) is 0 Å². The molecule has 0 heterocycles. The number of carbonyl (C=O) groups excluding carboxylic acids is 1. The smallest absolute Gasteiger partial charge is 0.330 e.